The molecule has 1 aliphatic carbocycles. The topological polar surface area (TPSA) is 42.0 Å². The lowest BCUT2D eigenvalue weighted by Gasteiger charge is -2.14. The molecule has 1 heterocycles. The van der Waals surface area contributed by atoms with E-state index in [1.54, 1.807) is 18.0 Å². The summed E-state index contributed by atoms with van der Waals surface area (Å²) in [7, 11) is -2.67. The summed E-state index contributed by atoms with van der Waals surface area (Å²) >= 11 is 5.09. The highest BCUT2D eigenvalue weighted by Gasteiger charge is 2.26. The third-order valence-electron chi connectivity index (χ3n) is 3.41. The van der Waals surface area contributed by atoms with Gasteiger partial charge in [0.15, 0.2) is 4.75 Å². The van der Waals surface area contributed by atoms with Crippen LogP contribution < -0.4 is 9.84 Å². The molecular formula is C14H16BrN2OPS. The first-order chi connectivity index (χ1) is 9.56. The number of aryl methyl sites for hydroxylation is 2. The molecule has 6 heteroatoms. The standard InChI is InChI=1S/C14H16BrN2OPS/c1-19(18,17-11-7-3-2-6-10(11)15)14-16-12-8-4-5-9-13(12)20-14/h2-3,6-7H,4-5,8-9H2,1H3,(H,17,18). The van der Waals surface area contributed by atoms with Crippen LogP contribution in [0.5, 0.6) is 0 Å². The average Bonchev–Trinajstić information content (AvgIpc) is 2.86. The minimum absolute atomic E-state index is 0.750. The van der Waals surface area contributed by atoms with E-state index in [0.717, 1.165) is 33.4 Å². The first-order valence-electron chi connectivity index (χ1n) is 6.66. The Bertz CT molecular complexity index is 662. The van der Waals surface area contributed by atoms with E-state index < -0.39 is 7.29 Å². The van der Waals surface area contributed by atoms with Crippen molar-refractivity contribution in [2.24, 2.45) is 0 Å². The fourth-order valence-corrected chi connectivity index (χ4v) is 6.00. The summed E-state index contributed by atoms with van der Waals surface area (Å²) in [6.07, 6.45) is 4.53. The van der Waals surface area contributed by atoms with Gasteiger partial charge in [-0.25, -0.2) is 4.98 Å². The Balaban J connectivity index is 1.90. The van der Waals surface area contributed by atoms with Gasteiger partial charge >= 0.3 is 0 Å². The molecule has 1 unspecified atom stereocenters. The first kappa shape index (κ1) is 14.3. The lowest BCUT2D eigenvalue weighted by Crippen LogP contribution is -2.10. The molecule has 3 nitrogen and oxygen atoms in total. The Morgan fingerprint density at radius 2 is 2.05 bits per heavy atom. The third-order valence-corrected chi connectivity index (χ3v) is 7.88. The van der Waals surface area contributed by atoms with Gasteiger partial charge in [0.25, 0.3) is 0 Å². The normalized spacial score (nSPS) is 17.3. The monoisotopic (exact) mass is 370 g/mol. The van der Waals surface area contributed by atoms with Crippen molar-refractivity contribution in [2.75, 3.05) is 11.8 Å². The largest absolute Gasteiger partial charge is 0.330 e. The summed E-state index contributed by atoms with van der Waals surface area (Å²) in [4.78, 5) is 5.95. The SMILES string of the molecule is CP(=O)(Nc1ccccc1Br)c1nc2c(s1)CCCC2. The number of halogens is 1. The van der Waals surface area contributed by atoms with Crippen LogP contribution in [0.15, 0.2) is 28.7 Å². The Kier molecular flexibility index (Phi) is 4.02. The molecule has 0 saturated carbocycles. The fourth-order valence-electron chi connectivity index (χ4n) is 2.35. The van der Waals surface area contributed by atoms with Gasteiger partial charge in [-0.1, -0.05) is 12.1 Å². The molecule has 1 aromatic carbocycles. The molecule has 0 radical (unpaired) electrons. The molecule has 1 N–H and O–H groups in total. The number of rotatable bonds is 3. The highest BCUT2D eigenvalue weighted by molar-refractivity contribution is 9.10. The molecule has 3 rings (SSSR count). The second-order valence-corrected chi connectivity index (χ2v) is 9.83. The molecule has 0 saturated heterocycles. The molecule has 0 bridgehead atoms. The zero-order valence-electron chi connectivity index (χ0n) is 11.2. The van der Waals surface area contributed by atoms with Crippen LogP contribution >= 0.6 is 34.6 Å². The van der Waals surface area contributed by atoms with Gasteiger partial charge in [0.05, 0.1) is 11.4 Å². The smallest absolute Gasteiger partial charge is 0.223 e. The number of thiazole rings is 1. The molecule has 1 atom stereocenters. The van der Waals surface area contributed by atoms with Crippen molar-refractivity contribution in [3.05, 3.63) is 39.3 Å². The predicted octanol–water partition coefficient (Wildman–Crippen LogP) is 4.43. The van der Waals surface area contributed by atoms with Crippen molar-refractivity contribution >= 4 is 45.0 Å². The average molecular weight is 371 g/mol. The highest BCUT2D eigenvalue weighted by atomic mass is 79.9. The maximum absolute atomic E-state index is 13.0. The van der Waals surface area contributed by atoms with Crippen LogP contribution in [0.4, 0.5) is 5.69 Å². The van der Waals surface area contributed by atoms with E-state index in [9.17, 15) is 4.57 Å². The summed E-state index contributed by atoms with van der Waals surface area (Å²) in [5.41, 5.74) is 2.01. The number of hydrogen-bond acceptors (Lipinski definition) is 3. The van der Waals surface area contributed by atoms with E-state index in [1.807, 2.05) is 24.3 Å². The number of aromatic nitrogens is 1. The minimum atomic E-state index is -2.67. The molecule has 106 valence electrons. The molecule has 0 aliphatic heterocycles. The van der Waals surface area contributed by atoms with Crippen molar-refractivity contribution in [3.8, 4) is 0 Å². The molecule has 1 aliphatic rings. The van der Waals surface area contributed by atoms with E-state index >= 15 is 0 Å². The van der Waals surface area contributed by atoms with Gasteiger partial charge in [-0.15, -0.1) is 11.3 Å². The Hall–Kier alpha value is -0.640. The third kappa shape index (κ3) is 2.85. The molecule has 20 heavy (non-hydrogen) atoms. The second kappa shape index (κ2) is 5.63. The maximum atomic E-state index is 13.0. The van der Waals surface area contributed by atoms with Crippen LogP contribution in [0.1, 0.15) is 23.4 Å². The van der Waals surface area contributed by atoms with E-state index in [2.05, 4.69) is 26.0 Å². The predicted molar refractivity (Wildman–Crippen MR) is 89.7 cm³/mol. The number of hydrogen-bond donors (Lipinski definition) is 1. The van der Waals surface area contributed by atoms with Gasteiger partial charge < -0.3 is 5.09 Å². The van der Waals surface area contributed by atoms with Crippen molar-refractivity contribution in [1.29, 1.82) is 0 Å². The van der Waals surface area contributed by atoms with Crippen molar-refractivity contribution in [2.45, 2.75) is 25.7 Å². The minimum Gasteiger partial charge on any atom is -0.330 e. The molecule has 0 spiro atoms. The van der Waals surface area contributed by atoms with Crippen LogP contribution in [0, 0.1) is 0 Å². The summed E-state index contributed by atoms with van der Waals surface area (Å²) < 4.78 is 14.6. The van der Waals surface area contributed by atoms with Crippen molar-refractivity contribution in [1.82, 2.24) is 4.98 Å². The van der Waals surface area contributed by atoms with Crippen LogP contribution in [-0.4, -0.2) is 11.6 Å². The van der Waals surface area contributed by atoms with Gasteiger partial charge in [0, 0.05) is 16.0 Å². The molecular weight excluding hydrogens is 355 g/mol. The quantitative estimate of drug-likeness (QED) is 0.812. The van der Waals surface area contributed by atoms with Crippen LogP contribution in [0.3, 0.4) is 0 Å². The lowest BCUT2D eigenvalue weighted by molar-refractivity contribution is 0.587. The Labute approximate surface area is 131 Å². The Morgan fingerprint density at radius 3 is 2.80 bits per heavy atom. The second-order valence-electron chi connectivity index (χ2n) is 5.09. The fraction of sp³-hybridized carbons (Fsp3) is 0.357. The molecule has 2 aromatic rings. The molecule has 0 fully saturated rings. The number of para-hydroxylation sites is 1. The highest BCUT2D eigenvalue weighted by Crippen LogP contribution is 2.44. The zero-order valence-corrected chi connectivity index (χ0v) is 14.5. The summed E-state index contributed by atoms with van der Waals surface area (Å²) in [6.45, 7) is 1.76. The van der Waals surface area contributed by atoms with Gasteiger partial charge in [0.1, 0.15) is 0 Å². The lowest BCUT2D eigenvalue weighted by atomic mass is 10.0. The zero-order chi connectivity index (χ0) is 14.2. The van der Waals surface area contributed by atoms with Crippen molar-refractivity contribution < 1.29 is 4.57 Å². The van der Waals surface area contributed by atoms with E-state index in [1.165, 1.54) is 17.7 Å². The maximum Gasteiger partial charge on any atom is 0.223 e. The Morgan fingerprint density at radius 1 is 1.30 bits per heavy atom. The molecule has 1 aromatic heterocycles. The summed E-state index contributed by atoms with van der Waals surface area (Å²) in [5, 5.41) is 3.17. The number of fused-ring (bicyclic) bond motifs is 1. The summed E-state index contributed by atoms with van der Waals surface area (Å²) in [6, 6.07) is 7.74. The number of anilines is 1. The summed E-state index contributed by atoms with van der Waals surface area (Å²) in [5.74, 6) is 0. The number of nitrogens with zero attached hydrogens (tertiary/aromatic N) is 1. The van der Waals surface area contributed by atoms with E-state index in [-0.39, 0.29) is 0 Å². The van der Waals surface area contributed by atoms with Crippen LogP contribution in [-0.2, 0) is 17.4 Å². The molecule has 0 amide bonds. The van der Waals surface area contributed by atoms with Gasteiger partial charge in [-0.3, -0.25) is 4.57 Å². The first-order valence-corrected chi connectivity index (χ1v) is 10.4. The van der Waals surface area contributed by atoms with Gasteiger partial charge in [0.2, 0.25) is 7.29 Å². The van der Waals surface area contributed by atoms with Gasteiger partial charge in [-0.2, -0.15) is 0 Å². The number of nitrogens with one attached hydrogen (secondary N) is 1. The van der Waals surface area contributed by atoms with Crippen LogP contribution in [0.25, 0.3) is 0 Å². The van der Waals surface area contributed by atoms with Gasteiger partial charge in [-0.05, 0) is 53.7 Å². The van der Waals surface area contributed by atoms with E-state index in [4.69, 9.17) is 0 Å². The van der Waals surface area contributed by atoms with Crippen molar-refractivity contribution in [3.63, 3.8) is 0 Å². The number of benzene rings is 1. The van der Waals surface area contributed by atoms with E-state index in [0.29, 0.717) is 0 Å². The van der Waals surface area contributed by atoms with Crippen LogP contribution in [0.2, 0.25) is 0 Å².